The second-order valence-electron chi connectivity index (χ2n) is 5.24. The molecule has 1 rings (SSSR count). The molecule has 0 aliphatic carbocycles. The van der Waals surface area contributed by atoms with Crippen molar-refractivity contribution in [2.75, 3.05) is 18.0 Å². The third-order valence-corrected chi connectivity index (χ3v) is 3.43. The summed E-state index contributed by atoms with van der Waals surface area (Å²) in [5, 5.41) is 18.0. The average molecular weight is 293 g/mol. The maximum absolute atomic E-state index is 11.0. The maximum Gasteiger partial charge on any atom is 0.335 e. The predicted octanol–water partition coefficient (Wildman–Crippen LogP) is 3.10. The Balaban J connectivity index is 2.83. The summed E-state index contributed by atoms with van der Waals surface area (Å²) in [7, 11) is 0. The van der Waals surface area contributed by atoms with Crippen molar-refractivity contribution in [1.82, 2.24) is 0 Å². The standard InChI is InChI=1S/C16H23NO4/c1-3-4-5-10-17(11-12(2)15(18)19)14-8-6-13(7-9-14)16(20)21/h6-9,12H,3-5,10-11H2,1-2H3,(H,18,19)(H,20,21). The fraction of sp³-hybridized carbons (Fsp3) is 0.500. The molecular formula is C16H23NO4. The van der Waals surface area contributed by atoms with Crippen molar-refractivity contribution in [2.45, 2.75) is 33.1 Å². The van der Waals surface area contributed by atoms with Crippen LogP contribution in [0.25, 0.3) is 0 Å². The quantitative estimate of drug-likeness (QED) is 0.684. The molecule has 0 radical (unpaired) electrons. The molecule has 1 unspecified atom stereocenters. The second-order valence-corrected chi connectivity index (χ2v) is 5.24. The van der Waals surface area contributed by atoms with Crippen molar-refractivity contribution in [3.63, 3.8) is 0 Å². The first kappa shape index (κ1) is 17.0. The van der Waals surface area contributed by atoms with Crippen LogP contribution in [0.4, 0.5) is 5.69 Å². The highest BCUT2D eigenvalue weighted by Crippen LogP contribution is 2.18. The Bertz CT molecular complexity index is 470. The molecule has 1 aromatic carbocycles. The molecule has 1 aromatic rings. The Morgan fingerprint density at radius 2 is 1.76 bits per heavy atom. The van der Waals surface area contributed by atoms with Crippen LogP contribution < -0.4 is 4.90 Å². The zero-order valence-electron chi connectivity index (χ0n) is 12.6. The number of carbonyl (C=O) groups is 2. The number of nitrogens with zero attached hydrogens (tertiary/aromatic N) is 1. The van der Waals surface area contributed by atoms with Crippen LogP contribution in [0.3, 0.4) is 0 Å². The lowest BCUT2D eigenvalue weighted by Gasteiger charge is -2.26. The van der Waals surface area contributed by atoms with Crippen LogP contribution in [0.1, 0.15) is 43.5 Å². The van der Waals surface area contributed by atoms with E-state index in [9.17, 15) is 9.59 Å². The number of carboxylic acid groups (broad SMARTS) is 2. The van der Waals surface area contributed by atoms with Crippen molar-refractivity contribution in [1.29, 1.82) is 0 Å². The minimum Gasteiger partial charge on any atom is -0.481 e. The highest BCUT2D eigenvalue weighted by Gasteiger charge is 2.16. The predicted molar refractivity (Wildman–Crippen MR) is 81.9 cm³/mol. The summed E-state index contributed by atoms with van der Waals surface area (Å²) >= 11 is 0. The van der Waals surface area contributed by atoms with E-state index >= 15 is 0 Å². The monoisotopic (exact) mass is 293 g/mol. The number of aromatic carboxylic acids is 1. The molecule has 0 saturated carbocycles. The van der Waals surface area contributed by atoms with Crippen molar-refractivity contribution < 1.29 is 19.8 Å². The van der Waals surface area contributed by atoms with Crippen LogP contribution in [-0.2, 0) is 4.79 Å². The highest BCUT2D eigenvalue weighted by atomic mass is 16.4. The van der Waals surface area contributed by atoms with Crippen molar-refractivity contribution in [2.24, 2.45) is 5.92 Å². The van der Waals surface area contributed by atoms with Crippen molar-refractivity contribution in [3.8, 4) is 0 Å². The lowest BCUT2D eigenvalue weighted by atomic mass is 10.1. The number of rotatable bonds is 9. The molecule has 0 spiro atoms. The number of aliphatic carboxylic acids is 1. The maximum atomic E-state index is 11.0. The van der Waals surface area contributed by atoms with Gasteiger partial charge in [0, 0.05) is 18.8 Å². The minimum atomic E-state index is -0.960. The summed E-state index contributed by atoms with van der Waals surface area (Å²) in [5.41, 5.74) is 1.10. The van der Waals surface area contributed by atoms with E-state index in [1.54, 1.807) is 31.2 Å². The van der Waals surface area contributed by atoms with E-state index in [-0.39, 0.29) is 5.56 Å². The van der Waals surface area contributed by atoms with E-state index in [2.05, 4.69) is 6.92 Å². The summed E-state index contributed by atoms with van der Waals surface area (Å²) in [6.07, 6.45) is 3.18. The Hall–Kier alpha value is -2.04. The first-order valence-electron chi connectivity index (χ1n) is 7.26. The molecule has 5 nitrogen and oxygen atoms in total. The van der Waals surface area contributed by atoms with Gasteiger partial charge in [0.25, 0.3) is 0 Å². The molecule has 0 aliphatic rings. The molecule has 0 aromatic heterocycles. The fourth-order valence-corrected chi connectivity index (χ4v) is 2.10. The number of carboxylic acids is 2. The van der Waals surface area contributed by atoms with Gasteiger partial charge < -0.3 is 15.1 Å². The first-order chi connectivity index (χ1) is 9.95. The number of hydrogen-bond acceptors (Lipinski definition) is 3. The molecule has 0 fully saturated rings. The van der Waals surface area contributed by atoms with E-state index in [1.165, 1.54) is 0 Å². The normalized spacial score (nSPS) is 11.9. The molecule has 0 saturated heterocycles. The lowest BCUT2D eigenvalue weighted by molar-refractivity contribution is -0.140. The summed E-state index contributed by atoms with van der Waals surface area (Å²) in [4.78, 5) is 23.9. The van der Waals surface area contributed by atoms with Gasteiger partial charge >= 0.3 is 11.9 Å². The van der Waals surface area contributed by atoms with Gasteiger partial charge in [0.15, 0.2) is 0 Å². The van der Waals surface area contributed by atoms with Crippen LogP contribution in [0.5, 0.6) is 0 Å². The largest absolute Gasteiger partial charge is 0.481 e. The van der Waals surface area contributed by atoms with Gasteiger partial charge in [0.2, 0.25) is 0 Å². The third-order valence-electron chi connectivity index (χ3n) is 3.43. The summed E-state index contributed by atoms with van der Waals surface area (Å²) in [5.74, 6) is -2.25. The molecular weight excluding hydrogens is 270 g/mol. The van der Waals surface area contributed by atoms with E-state index in [1.807, 2.05) is 4.90 Å². The second kappa shape index (κ2) is 8.29. The molecule has 5 heteroatoms. The van der Waals surface area contributed by atoms with Crippen LogP contribution in [0, 0.1) is 5.92 Å². The topological polar surface area (TPSA) is 77.8 Å². The number of benzene rings is 1. The average Bonchev–Trinajstić information content (AvgIpc) is 2.46. The number of unbranched alkanes of at least 4 members (excludes halogenated alkanes) is 2. The Labute approximate surface area is 125 Å². The van der Waals surface area contributed by atoms with Gasteiger partial charge in [-0.3, -0.25) is 4.79 Å². The lowest BCUT2D eigenvalue weighted by Crippen LogP contribution is -2.32. The van der Waals surface area contributed by atoms with Crippen LogP contribution in [0.2, 0.25) is 0 Å². The molecule has 21 heavy (non-hydrogen) atoms. The van der Waals surface area contributed by atoms with Gasteiger partial charge in [-0.1, -0.05) is 26.7 Å². The van der Waals surface area contributed by atoms with Gasteiger partial charge in [0.1, 0.15) is 0 Å². The molecule has 2 N–H and O–H groups in total. The molecule has 1 atom stereocenters. The molecule has 0 bridgehead atoms. The van der Waals surface area contributed by atoms with Crippen molar-refractivity contribution >= 4 is 17.6 Å². The minimum absolute atomic E-state index is 0.235. The summed E-state index contributed by atoms with van der Waals surface area (Å²) < 4.78 is 0. The third kappa shape index (κ3) is 5.45. The highest BCUT2D eigenvalue weighted by molar-refractivity contribution is 5.88. The van der Waals surface area contributed by atoms with E-state index in [4.69, 9.17) is 10.2 Å². The Morgan fingerprint density at radius 3 is 2.24 bits per heavy atom. The van der Waals surface area contributed by atoms with E-state index < -0.39 is 17.9 Å². The first-order valence-corrected chi connectivity index (χ1v) is 7.26. The van der Waals surface area contributed by atoms with Gasteiger partial charge in [-0.05, 0) is 30.7 Å². The van der Waals surface area contributed by atoms with Crippen LogP contribution >= 0.6 is 0 Å². The molecule has 0 aliphatic heterocycles. The zero-order chi connectivity index (χ0) is 15.8. The summed E-state index contributed by atoms with van der Waals surface area (Å²) in [6.45, 7) is 5.00. The fourth-order valence-electron chi connectivity index (χ4n) is 2.10. The molecule has 116 valence electrons. The Kier molecular flexibility index (Phi) is 6.72. The molecule has 0 heterocycles. The van der Waals surface area contributed by atoms with Gasteiger partial charge in [-0.15, -0.1) is 0 Å². The summed E-state index contributed by atoms with van der Waals surface area (Å²) in [6, 6.07) is 6.58. The number of hydrogen-bond donors (Lipinski definition) is 2. The molecule has 0 amide bonds. The van der Waals surface area contributed by atoms with E-state index in [0.29, 0.717) is 6.54 Å². The SMILES string of the molecule is CCCCCN(CC(C)C(=O)O)c1ccc(C(=O)O)cc1. The van der Waals surface area contributed by atoms with Gasteiger partial charge in [-0.25, -0.2) is 4.79 Å². The zero-order valence-corrected chi connectivity index (χ0v) is 12.6. The smallest absolute Gasteiger partial charge is 0.335 e. The van der Waals surface area contributed by atoms with Crippen molar-refractivity contribution in [3.05, 3.63) is 29.8 Å². The van der Waals surface area contributed by atoms with Crippen LogP contribution in [0.15, 0.2) is 24.3 Å². The Morgan fingerprint density at radius 1 is 1.14 bits per heavy atom. The van der Waals surface area contributed by atoms with Gasteiger partial charge in [-0.2, -0.15) is 0 Å². The van der Waals surface area contributed by atoms with Gasteiger partial charge in [0.05, 0.1) is 11.5 Å². The number of anilines is 1. The van der Waals surface area contributed by atoms with Crippen LogP contribution in [-0.4, -0.2) is 35.2 Å². The van der Waals surface area contributed by atoms with E-state index in [0.717, 1.165) is 31.5 Å².